The standard InChI is InChI=1S/C25H28N2O3/c1-29-17-11-12-22(30-2)20(15-17)24-23-19(18-9-5-6-10-21(18)26-23)13-14-27(24)25(28)16-7-3-4-8-16/h5-6,9-12,15-16,24,26H,3-4,7-8,13-14H2,1-2H3. The highest BCUT2D eigenvalue weighted by atomic mass is 16.5. The fraction of sp³-hybridized carbons (Fsp3) is 0.400. The number of H-pyrrole nitrogens is 1. The second kappa shape index (κ2) is 7.71. The molecule has 5 nitrogen and oxygen atoms in total. The van der Waals surface area contributed by atoms with Crippen molar-refractivity contribution in [3.63, 3.8) is 0 Å². The molecule has 30 heavy (non-hydrogen) atoms. The number of nitrogens with one attached hydrogen (secondary N) is 1. The van der Waals surface area contributed by atoms with Crippen LogP contribution in [-0.2, 0) is 11.2 Å². The average Bonchev–Trinajstić information content (AvgIpc) is 3.45. The number of aromatic amines is 1. The van der Waals surface area contributed by atoms with E-state index < -0.39 is 0 Å². The van der Waals surface area contributed by atoms with Crippen molar-refractivity contribution < 1.29 is 14.3 Å². The molecular weight excluding hydrogens is 376 g/mol. The van der Waals surface area contributed by atoms with Crippen LogP contribution in [0.15, 0.2) is 42.5 Å². The van der Waals surface area contributed by atoms with E-state index in [1.165, 1.54) is 10.9 Å². The van der Waals surface area contributed by atoms with Gasteiger partial charge in [-0.25, -0.2) is 0 Å². The number of methoxy groups -OCH3 is 2. The molecule has 3 aromatic rings. The number of amides is 1. The summed E-state index contributed by atoms with van der Waals surface area (Å²) in [5.74, 6) is 1.94. The van der Waals surface area contributed by atoms with Crippen LogP contribution in [0.4, 0.5) is 0 Å². The number of hydrogen-bond donors (Lipinski definition) is 1. The highest BCUT2D eigenvalue weighted by Gasteiger charge is 2.39. The maximum atomic E-state index is 13.6. The molecule has 5 heteroatoms. The number of benzene rings is 2. The zero-order valence-corrected chi connectivity index (χ0v) is 17.6. The van der Waals surface area contributed by atoms with Gasteiger partial charge in [-0.2, -0.15) is 0 Å². The molecule has 1 amide bonds. The van der Waals surface area contributed by atoms with Crippen molar-refractivity contribution in [1.82, 2.24) is 9.88 Å². The smallest absolute Gasteiger partial charge is 0.226 e. The Hall–Kier alpha value is -2.95. The molecule has 1 aliphatic heterocycles. The fourth-order valence-electron chi connectivity index (χ4n) is 5.26. The zero-order chi connectivity index (χ0) is 20.7. The number of carbonyl (C=O) groups excluding carboxylic acids is 1. The molecule has 0 radical (unpaired) electrons. The van der Waals surface area contributed by atoms with E-state index in [9.17, 15) is 4.79 Å². The van der Waals surface area contributed by atoms with Gasteiger partial charge in [0.15, 0.2) is 0 Å². The van der Waals surface area contributed by atoms with Gasteiger partial charge in [-0.15, -0.1) is 0 Å². The molecule has 0 bridgehead atoms. The number of rotatable bonds is 4. The minimum Gasteiger partial charge on any atom is -0.497 e. The summed E-state index contributed by atoms with van der Waals surface area (Å²) in [7, 11) is 3.35. The van der Waals surface area contributed by atoms with Crippen LogP contribution in [0, 0.1) is 5.92 Å². The number of nitrogens with zero attached hydrogens (tertiary/aromatic N) is 1. The van der Waals surface area contributed by atoms with E-state index >= 15 is 0 Å². The Morgan fingerprint density at radius 1 is 1.07 bits per heavy atom. The van der Waals surface area contributed by atoms with Crippen LogP contribution < -0.4 is 9.47 Å². The van der Waals surface area contributed by atoms with E-state index in [1.54, 1.807) is 14.2 Å². The maximum Gasteiger partial charge on any atom is 0.226 e. The minimum atomic E-state index is -0.209. The number of fused-ring (bicyclic) bond motifs is 3. The number of aromatic nitrogens is 1. The second-order valence-corrected chi connectivity index (χ2v) is 8.34. The number of hydrogen-bond acceptors (Lipinski definition) is 3. The highest BCUT2D eigenvalue weighted by Crippen LogP contribution is 2.44. The van der Waals surface area contributed by atoms with Crippen LogP contribution in [-0.4, -0.2) is 36.6 Å². The normalized spacial score (nSPS) is 19.1. The quantitative estimate of drug-likeness (QED) is 0.676. The molecule has 0 saturated heterocycles. The van der Waals surface area contributed by atoms with Gasteiger partial charge in [-0.1, -0.05) is 31.0 Å². The van der Waals surface area contributed by atoms with Crippen LogP contribution in [0.3, 0.4) is 0 Å². The summed E-state index contributed by atoms with van der Waals surface area (Å²) in [5, 5.41) is 1.24. The maximum absolute atomic E-state index is 13.6. The topological polar surface area (TPSA) is 54.6 Å². The third kappa shape index (κ3) is 3.04. The lowest BCUT2D eigenvalue weighted by molar-refractivity contribution is -0.137. The van der Waals surface area contributed by atoms with Crippen LogP contribution in [0.1, 0.15) is 48.5 Å². The lowest BCUT2D eigenvalue weighted by Crippen LogP contribution is -2.43. The van der Waals surface area contributed by atoms with Crippen LogP contribution >= 0.6 is 0 Å². The predicted molar refractivity (Wildman–Crippen MR) is 117 cm³/mol. The summed E-state index contributed by atoms with van der Waals surface area (Å²) in [5.41, 5.74) is 4.48. The van der Waals surface area contributed by atoms with E-state index in [1.807, 2.05) is 24.3 Å². The molecular formula is C25H28N2O3. The molecule has 2 heterocycles. The number of carbonyl (C=O) groups is 1. The predicted octanol–water partition coefficient (Wildman–Crippen LogP) is 4.85. The molecule has 1 saturated carbocycles. The largest absolute Gasteiger partial charge is 0.497 e. The molecule has 5 rings (SSSR count). The van der Waals surface area contributed by atoms with Gasteiger partial charge in [0.1, 0.15) is 17.5 Å². The first-order valence-electron chi connectivity index (χ1n) is 10.8. The lowest BCUT2D eigenvalue weighted by Gasteiger charge is -2.38. The summed E-state index contributed by atoms with van der Waals surface area (Å²) >= 11 is 0. The summed E-state index contributed by atoms with van der Waals surface area (Å²) in [6.07, 6.45) is 5.15. The molecule has 2 aliphatic rings. The summed E-state index contributed by atoms with van der Waals surface area (Å²) in [6, 6.07) is 14.0. The Labute approximate surface area is 177 Å². The Kier molecular flexibility index (Phi) is 4.89. The van der Waals surface area contributed by atoms with Crippen LogP contribution in [0.25, 0.3) is 10.9 Å². The Morgan fingerprint density at radius 3 is 2.63 bits per heavy atom. The van der Waals surface area contributed by atoms with Crippen molar-refractivity contribution in [3.8, 4) is 11.5 Å². The van der Waals surface area contributed by atoms with Crippen LogP contribution in [0.5, 0.6) is 11.5 Å². The summed E-state index contributed by atoms with van der Waals surface area (Å²) in [4.78, 5) is 19.3. The van der Waals surface area contributed by atoms with Gasteiger partial charge in [0.2, 0.25) is 5.91 Å². The third-order valence-corrected chi connectivity index (χ3v) is 6.75. The SMILES string of the molecule is COc1ccc(OC)c(C2c3[nH]c4ccccc4c3CCN2C(=O)C2CCCC2)c1. The van der Waals surface area contributed by atoms with E-state index in [2.05, 4.69) is 28.1 Å². The number of para-hydroxylation sites is 1. The molecule has 1 aromatic heterocycles. The van der Waals surface area contributed by atoms with Crippen molar-refractivity contribution in [3.05, 3.63) is 59.3 Å². The monoisotopic (exact) mass is 404 g/mol. The van der Waals surface area contributed by atoms with Crippen molar-refractivity contribution in [2.45, 2.75) is 38.1 Å². The van der Waals surface area contributed by atoms with Gasteiger partial charge in [-0.05, 0) is 49.1 Å². The van der Waals surface area contributed by atoms with Gasteiger partial charge in [0.05, 0.1) is 14.2 Å². The van der Waals surface area contributed by atoms with Crippen LogP contribution in [0.2, 0.25) is 0 Å². The van der Waals surface area contributed by atoms with E-state index in [0.717, 1.165) is 66.9 Å². The van der Waals surface area contributed by atoms with E-state index in [-0.39, 0.29) is 17.9 Å². The molecule has 0 spiro atoms. The van der Waals surface area contributed by atoms with Gasteiger partial charge in [-0.3, -0.25) is 4.79 Å². The Balaban J connectivity index is 1.69. The molecule has 1 N–H and O–H groups in total. The third-order valence-electron chi connectivity index (χ3n) is 6.75. The van der Waals surface area contributed by atoms with E-state index in [4.69, 9.17) is 9.47 Å². The Bertz CT molecular complexity index is 1080. The van der Waals surface area contributed by atoms with Crippen molar-refractivity contribution >= 4 is 16.8 Å². The first-order valence-corrected chi connectivity index (χ1v) is 10.8. The first-order chi connectivity index (χ1) is 14.7. The van der Waals surface area contributed by atoms with Crippen molar-refractivity contribution in [2.24, 2.45) is 5.92 Å². The zero-order valence-electron chi connectivity index (χ0n) is 17.6. The van der Waals surface area contributed by atoms with Gasteiger partial charge < -0.3 is 19.4 Å². The molecule has 156 valence electrons. The fourth-order valence-corrected chi connectivity index (χ4v) is 5.26. The van der Waals surface area contributed by atoms with Gasteiger partial charge in [0, 0.05) is 34.6 Å². The second-order valence-electron chi connectivity index (χ2n) is 8.34. The van der Waals surface area contributed by atoms with Gasteiger partial charge in [0.25, 0.3) is 0 Å². The Morgan fingerprint density at radius 2 is 1.87 bits per heavy atom. The molecule has 1 aliphatic carbocycles. The number of ether oxygens (including phenoxy) is 2. The molecule has 1 fully saturated rings. The lowest BCUT2D eigenvalue weighted by atomic mass is 9.90. The minimum absolute atomic E-state index is 0.134. The summed E-state index contributed by atoms with van der Waals surface area (Å²) < 4.78 is 11.3. The van der Waals surface area contributed by atoms with E-state index in [0.29, 0.717) is 0 Å². The molecule has 1 atom stereocenters. The molecule has 2 aromatic carbocycles. The van der Waals surface area contributed by atoms with Gasteiger partial charge >= 0.3 is 0 Å². The average molecular weight is 405 g/mol. The summed E-state index contributed by atoms with van der Waals surface area (Å²) in [6.45, 7) is 0.717. The molecule has 1 unspecified atom stereocenters. The first kappa shape index (κ1) is 19.0. The highest BCUT2D eigenvalue weighted by molar-refractivity contribution is 5.87. The van der Waals surface area contributed by atoms with Crippen molar-refractivity contribution in [1.29, 1.82) is 0 Å². The van der Waals surface area contributed by atoms with Crippen molar-refractivity contribution in [2.75, 3.05) is 20.8 Å².